The van der Waals surface area contributed by atoms with E-state index in [9.17, 15) is 14.7 Å². The van der Waals surface area contributed by atoms with Crippen LogP contribution in [0.4, 0.5) is 5.13 Å². The third-order valence-corrected chi connectivity index (χ3v) is 9.18. The molecule has 1 fully saturated rings. The van der Waals surface area contributed by atoms with Gasteiger partial charge in [0.1, 0.15) is 0 Å². The van der Waals surface area contributed by atoms with Gasteiger partial charge in [-0.1, -0.05) is 20.8 Å². The van der Waals surface area contributed by atoms with Gasteiger partial charge < -0.3 is 10.0 Å². The van der Waals surface area contributed by atoms with Crippen LogP contribution in [0, 0.1) is 23.2 Å². The molecule has 1 saturated carbocycles. The van der Waals surface area contributed by atoms with Crippen molar-refractivity contribution in [3.63, 3.8) is 0 Å². The molecule has 184 valence electrons. The summed E-state index contributed by atoms with van der Waals surface area (Å²) in [5.74, 6) is -0.259. The first-order chi connectivity index (χ1) is 16.2. The molecular weight excluding hydrogens is 448 g/mol. The van der Waals surface area contributed by atoms with E-state index in [1.54, 1.807) is 24.5 Å². The van der Waals surface area contributed by atoms with Gasteiger partial charge in [-0.15, -0.1) is 11.3 Å². The van der Waals surface area contributed by atoms with Crippen LogP contribution in [-0.4, -0.2) is 51.0 Å². The van der Waals surface area contributed by atoms with Gasteiger partial charge in [0.15, 0.2) is 5.13 Å². The SMILES string of the molecule is CCN(CC)C(=O)[C@@H](C)[C@H]1CC[C@]2(C)Cc3sc(NC(=O)c4ccncc4)nc3[C@@H](C)[C@@H]2[C@H]1O. The van der Waals surface area contributed by atoms with E-state index in [0.717, 1.165) is 25.0 Å². The lowest BCUT2D eigenvalue weighted by atomic mass is 9.53. The molecule has 8 heteroatoms. The molecule has 0 saturated heterocycles. The van der Waals surface area contributed by atoms with E-state index in [-0.39, 0.29) is 40.9 Å². The lowest BCUT2D eigenvalue weighted by Gasteiger charge is -2.53. The van der Waals surface area contributed by atoms with Gasteiger partial charge in [0, 0.05) is 47.8 Å². The fraction of sp³-hybridized carbons (Fsp3) is 0.615. The molecule has 34 heavy (non-hydrogen) atoms. The summed E-state index contributed by atoms with van der Waals surface area (Å²) < 4.78 is 0. The molecule has 0 aliphatic heterocycles. The lowest BCUT2D eigenvalue weighted by Crippen LogP contribution is -2.53. The highest BCUT2D eigenvalue weighted by Gasteiger charge is 2.54. The van der Waals surface area contributed by atoms with E-state index in [1.807, 2.05) is 25.7 Å². The van der Waals surface area contributed by atoms with Gasteiger partial charge in [-0.25, -0.2) is 4.98 Å². The van der Waals surface area contributed by atoms with Crippen LogP contribution >= 0.6 is 11.3 Å². The molecule has 7 nitrogen and oxygen atoms in total. The molecule has 0 spiro atoms. The number of nitrogens with one attached hydrogen (secondary N) is 1. The van der Waals surface area contributed by atoms with Gasteiger partial charge >= 0.3 is 0 Å². The Morgan fingerprint density at radius 2 is 1.97 bits per heavy atom. The third kappa shape index (κ3) is 4.38. The Morgan fingerprint density at radius 1 is 1.29 bits per heavy atom. The summed E-state index contributed by atoms with van der Waals surface area (Å²) in [7, 11) is 0. The maximum atomic E-state index is 13.1. The van der Waals surface area contributed by atoms with E-state index >= 15 is 0 Å². The van der Waals surface area contributed by atoms with Crippen LogP contribution < -0.4 is 5.32 Å². The summed E-state index contributed by atoms with van der Waals surface area (Å²) in [4.78, 5) is 37.5. The fourth-order valence-electron chi connectivity index (χ4n) is 6.28. The van der Waals surface area contributed by atoms with Crippen molar-refractivity contribution in [2.24, 2.45) is 23.2 Å². The van der Waals surface area contributed by atoms with E-state index in [0.29, 0.717) is 23.8 Å². The summed E-state index contributed by atoms with van der Waals surface area (Å²) in [6, 6.07) is 3.36. The van der Waals surface area contributed by atoms with E-state index in [1.165, 1.54) is 16.2 Å². The first-order valence-corrected chi connectivity index (χ1v) is 13.2. The number of thiazole rings is 1. The van der Waals surface area contributed by atoms with Crippen LogP contribution in [-0.2, 0) is 11.2 Å². The second-order valence-corrected chi connectivity index (χ2v) is 11.2. The zero-order valence-electron chi connectivity index (χ0n) is 20.7. The molecule has 6 atom stereocenters. The van der Waals surface area contributed by atoms with Crippen molar-refractivity contribution in [1.82, 2.24) is 14.9 Å². The molecule has 4 rings (SSSR count). The number of nitrogens with zero attached hydrogens (tertiary/aromatic N) is 3. The van der Waals surface area contributed by atoms with Crippen LogP contribution in [0.1, 0.15) is 74.3 Å². The van der Waals surface area contributed by atoms with Crippen molar-refractivity contribution in [3.05, 3.63) is 40.7 Å². The minimum Gasteiger partial charge on any atom is -0.392 e. The van der Waals surface area contributed by atoms with Gasteiger partial charge in [-0.05, 0) is 62.5 Å². The van der Waals surface area contributed by atoms with Crippen molar-refractivity contribution < 1.29 is 14.7 Å². The van der Waals surface area contributed by atoms with Crippen molar-refractivity contribution in [1.29, 1.82) is 0 Å². The molecule has 2 heterocycles. The first-order valence-electron chi connectivity index (χ1n) is 12.4. The van der Waals surface area contributed by atoms with Crippen LogP contribution in [0.25, 0.3) is 0 Å². The Bertz CT molecular complexity index is 1040. The van der Waals surface area contributed by atoms with Crippen LogP contribution in [0.2, 0.25) is 0 Å². The molecule has 2 aliphatic rings. The van der Waals surface area contributed by atoms with Crippen molar-refractivity contribution in [3.8, 4) is 0 Å². The first kappa shape index (κ1) is 24.8. The summed E-state index contributed by atoms with van der Waals surface area (Å²) in [5.41, 5.74) is 1.46. The second kappa shape index (κ2) is 9.74. The number of pyridine rings is 1. The lowest BCUT2D eigenvalue weighted by molar-refractivity contribution is -0.144. The number of carbonyl (C=O) groups excluding carboxylic acids is 2. The monoisotopic (exact) mass is 484 g/mol. The fourth-order valence-corrected chi connectivity index (χ4v) is 7.54. The summed E-state index contributed by atoms with van der Waals surface area (Å²) in [6.45, 7) is 11.8. The number of hydrogen-bond acceptors (Lipinski definition) is 6. The zero-order valence-corrected chi connectivity index (χ0v) is 21.6. The second-order valence-electron chi connectivity index (χ2n) is 10.2. The average Bonchev–Trinajstić information content (AvgIpc) is 3.21. The molecule has 2 N–H and O–H groups in total. The molecule has 2 aromatic rings. The normalized spacial score (nSPS) is 29.0. The zero-order chi connectivity index (χ0) is 24.6. The van der Waals surface area contributed by atoms with Gasteiger partial charge in [0.2, 0.25) is 5.91 Å². The summed E-state index contributed by atoms with van der Waals surface area (Å²) >= 11 is 1.54. The highest BCUT2D eigenvalue weighted by atomic mass is 32.1. The Balaban J connectivity index is 1.55. The van der Waals surface area contributed by atoms with E-state index in [2.05, 4.69) is 24.1 Å². The minimum absolute atomic E-state index is 0.0246. The quantitative estimate of drug-likeness (QED) is 0.636. The number of amides is 2. The number of aliphatic hydroxyl groups excluding tert-OH is 1. The largest absolute Gasteiger partial charge is 0.392 e. The number of aromatic nitrogens is 2. The number of rotatable bonds is 6. The topological polar surface area (TPSA) is 95.4 Å². The van der Waals surface area contributed by atoms with Crippen LogP contribution in [0.5, 0.6) is 0 Å². The van der Waals surface area contributed by atoms with Gasteiger partial charge in [-0.3, -0.25) is 19.9 Å². The van der Waals surface area contributed by atoms with Crippen molar-refractivity contribution >= 4 is 28.3 Å². The number of hydrogen-bond donors (Lipinski definition) is 2. The Labute approximate surface area is 206 Å². The van der Waals surface area contributed by atoms with Crippen LogP contribution in [0.15, 0.2) is 24.5 Å². The highest BCUT2D eigenvalue weighted by Crippen LogP contribution is 2.57. The Morgan fingerprint density at radius 3 is 2.62 bits per heavy atom. The van der Waals surface area contributed by atoms with Gasteiger partial charge in [0.25, 0.3) is 5.91 Å². The van der Waals surface area contributed by atoms with E-state index in [4.69, 9.17) is 4.98 Å². The van der Waals surface area contributed by atoms with Crippen molar-refractivity contribution in [2.75, 3.05) is 18.4 Å². The standard InChI is InChI=1S/C26H36N4O3S/c1-6-30(7-2)24(33)15(3)18-8-11-26(5)14-19-21(16(4)20(26)22(18)31)28-25(34-19)29-23(32)17-9-12-27-13-10-17/h9-10,12-13,15-16,18,20,22,31H,6-8,11,14H2,1-5H3,(H,28,29,32)/t15-,16-,18+,20+,22-,26+/m0/s1. The summed E-state index contributed by atoms with van der Waals surface area (Å²) in [6.07, 6.45) is 5.28. The molecule has 0 aromatic carbocycles. The number of aliphatic hydroxyl groups is 1. The predicted octanol–water partition coefficient (Wildman–Crippen LogP) is 4.35. The van der Waals surface area contributed by atoms with E-state index < -0.39 is 6.10 Å². The summed E-state index contributed by atoms with van der Waals surface area (Å²) in [5, 5.41) is 15.1. The van der Waals surface area contributed by atoms with Gasteiger partial charge in [0.05, 0.1) is 11.8 Å². The molecular formula is C26H36N4O3S. The Hall–Kier alpha value is -2.32. The highest BCUT2D eigenvalue weighted by molar-refractivity contribution is 7.15. The maximum absolute atomic E-state index is 13.1. The smallest absolute Gasteiger partial charge is 0.257 e. The number of anilines is 1. The van der Waals surface area contributed by atoms with Crippen LogP contribution in [0.3, 0.4) is 0 Å². The maximum Gasteiger partial charge on any atom is 0.257 e. The predicted molar refractivity (Wildman–Crippen MR) is 134 cm³/mol. The third-order valence-electron chi connectivity index (χ3n) is 8.19. The molecule has 0 unspecified atom stereocenters. The van der Waals surface area contributed by atoms with Gasteiger partial charge in [-0.2, -0.15) is 0 Å². The Kier molecular flexibility index (Phi) is 7.10. The molecule has 2 aromatic heterocycles. The molecule has 2 aliphatic carbocycles. The average molecular weight is 485 g/mol. The molecule has 0 bridgehead atoms. The molecule has 2 amide bonds. The number of fused-ring (bicyclic) bond motifs is 2. The minimum atomic E-state index is -0.562. The number of carbonyl (C=O) groups is 2. The molecule has 0 radical (unpaired) electrons. The van der Waals surface area contributed by atoms with Crippen molar-refractivity contribution in [2.45, 2.75) is 65.9 Å².